The number of nitrogens with zero attached hydrogens (tertiary/aromatic N) is 3. The smallest absolute Gasteiger partial charge is 0.301 e. The van der Waals surface area contributed by atoms with Gasteiger partial charge in [-0.2, -0.15) is 0 Å². The predicted molar refractivity (Wildman–Crippen MR) is 129 cm³/mol. The quantitative estimate of drug-likeness (QED) is 0.279. The number of benzene rings is 2. The van der Waals surface area contributed by atoms with Gasteiger partial charge in [-0.1, -0.05) is 11.3 Å². The van der Waals surface area contributed by atoms with E-state index in [2.05, 4.69) is 26.1 Å². The maximum Gasteiger partial charge on any atom is 0.301 e. The highest BCUT2D eigenvalue weighted by Gasteiger charge is 2.48. The third kappa shape index (κ3) is 3.88. The second-order valence-corrected chi connectivity index (χ2v) is 9.70. The van der Waals surface area contributed by atoms with Crippen molar-refractivity contribution in [3.8, 4) is 23.0 Å². The topological polar surface area (TPSA) is 131 Å². The van der Waals surface area contributed by atoms with Gasteiger partial charge in [-0.15, -0.1) is 10.2 Å². The molecule has 0 radical (unpaired) electrons. The summed E-state index contributed by atoms with van der Waals surface area (Å²) in [5.41, 5.74) is 0.521. The number of aromatic hydroxyl groups is 1. The molecule has 1 amide bonds. The van der Waals surface area contributed by atoms with Crippen LogP contribution in [0.2, 0.25) is 0 Å². The molecule has 35 heavy (non-hydrogen) atoms. The number of ketones is 1. The molecule has 2 aliphatic rings. The number of phenolic OH excluding ortho intramolecular Hbond substituents is 1. The monoisotopic (exact) mass is 559 g/mol. The Balaban J connectivity index is 1.73. The molecule has 2 aromatic carbocycles. The number of hydrogen-bond acceptors (Lipinski definition) is 10. The van der Waals surface area contributed by atoms with Crippen molar-refractivity contribution in [2.24, 2.45) is 0 Å². The number of hydrogen-bond donors (Lipinski definition) is 2. The number of rotatable bonds is 4. The number of methoxy groups -OCH3 is 1. The van der Waals surface area contributed by atoms with E-state index in [1.165, 1.54) is 18.1 Å². The SMILES string of the molecule is COc1cc([C@@H]2C(=C(O)c3ccc4c(c3)OCCO4)C(=O)C(=O)N2c2nnc(C)s2)cc(Br)c1O. The van der Waals surface area contributed by atoms with Crippen LogP contribution in [-0.2, 0) is 9.59 Å². The average Bonchev–Trinajstić information content (AvgIpc) is 3.40. The summed E-state index contributed by atoms with van der Waals surface area (Å²) < 4.78 is 16.7. The fraction of sp³-hybridized carbons (Fsp3) is 0.217. The number of Topliss-reactive ketones (excluding diaryl/α,β-unsaturated/α-hetero) is 1. The number of carbonyl (C=O) groups excluding carboxylic acids is 2. The summed E-state index contributed by atoms with van der Waals surface area (Å²) in [5.74, 6) is -1.25. The van der Waals surface area contributed by atoms with Gasteiger partial charge in [-0.25, -0.2) is 0 Å². The molecule has 180 valence electrons. The Bertz CT molecular complexity index is 1400. The van der Waals surface area contributed by atoms with Crippen LogP contribution in [-0.4, -0.2) is 52.4 Å². The summed E-state index contributed by atoms with van der Waals surface area (Å²) in [6.45, 7) is 2.48. The number of amides is 1. The molecule has 2 N–H and O–H groups in total. The van der Waals surface area contributed by atoms with Crippen LogP contribution in [0.1, 0.15) is 22.2 Å². The molecule has 1 atom stereocenters. The molecule has 0 aliphatic carbocycles. The van der Waals surface area contributed by atoms with Crippen molar-refractivity contribution in [1.29, 1.82) is 0 Å². The molecular weight excluding hydrogens is 542 g/mol. The van der Waals surface area contributed by atoms with Crippen molar-refractivity contribution in [2.45, 2.75) is 13.0 Å². The number of fused-ring (bicyclic) bond motifs is 1. The van der Waals surface area contributed by atoms with E-state index < -0.39 is 23.5 Å². The Morgan fingerprint density at radius 1 is 1.17 bits per heavy atom. The Morgan fingerprint density at radius 2 is 1.91 bits per heavy atom. The van der Waals surface area contributed by atoms with Crippen LogP contribution in [0, 0.1) is 6.92 Å². The lowest BCUT2D eigenvalue weighted by Crippen LogP contribution is -2.29. The van der Waals surface area contributed by atoms with Gasteiger partial charge in [0.15, 0.2) is 23.0 Å². The van der Waals surface area contributed by atoms with E-state index in [4.69, 9.17) is 14.2 Å². The number of anilines is 1. The summed E-state index contributed by atoms with van der Waals surface area (Å²) in [6.07, 6.45) is 0. The Morgan fingerprint density at radius 3 is 2.60 bits per heavy atom. The van der Waals surface area contributed by atoms with Crippen LogP contribution in [0.15, 0.2) is 40.4 Å². The van der Waals surface area contributed by atoms with Crippen LogP contribution < -0.4 is 19.1 Å². The highest BCUT2D eigenvalue weighted by molar-refractivity contribution is 9.10. The lowest BCUT2D eigenvalue weighted by Gasteiger charge is -2.24. The van der Waals surface area contributed by atoms with E-state index in [-0.39, 0.29) is 32.2 Å². The van der Waals surface area contributed by atoms with E-state index in [0.717, 1.165) is 11.3 Å². The summed E-state index contributed by atoms with van der Waals surface area (Å²) in [7, 11) is 1.38. The lowest BCUT2D eigenvalue weighted by atomic mass is 9.95. The zero-order chi connectivity index (χ0) is 24.9. The molecule has 0 bridgehead atoms. The van der Waals surface area contributed by atoms with Gasteiger partial charge in [-0.3, -0.25) is 14.5 Å². The van der Waals surface area contributed by atoms with Gasteiger partial charge in [0.1, 0.15) is 24.0 Å². The number of aromatic nitrogens is 2. The first-order valence-corrected chi connectivity index (χ1v) is 12.0. The molecule has 3 aromatic rings. The third-order valence-corrected chi connectivity index (χ3v) is 7.01. The molecule has 12 heteroatoms. The first kappa shape index (κ1) is 23.1. The maximum atomic E-state index is 13.3. The van der Waals surface area contributed by atoms with Crippen molar-refractivity contribution < 1.29 is 34.0 Å². The number of halogens is 1. The van der Waals surface area contributed by atoms with Gasteiger partial charge in [-0.05, 0) is 58.7 Å². The van der Waals surface area contributed by atoms with Gasteiger partial charge in [0, 0.05) is 5.56 Å². The Labute approximate surface area is 211 Å². The van der Waals surface area contributed by atoms with Crippen molar-refractivity contribution in [2.75, 3.05) is 25.2 Å². The number of carbonyl (C=O) groups is 2. The van der Waals surface area contributed by atoms with Gasteiger partial charge in [0.25, 0.3) is 5.78 Å². The summed E-state index contributed by atoms with van der Waals surface area (Å²) in [5, 5.41) is 30.4. The Hall–Kier alpha value is -3.64. The maximum absolute atomic E-state index is 13.3. The minimum atomic E-state index is -1.07. The first-order chi connectivity index (χ1) is 16.8. The fourth-order valence-electron chi connectivity index (χ4n) is 3.98. The molecule has 0 saturated carbocycles. The fourth-order valence-corrected chi connectivity index (χ4v) is 5.16. The highest BCUT2D eigenvalue weighted by Crippen LogP contribution is 2.47. The van der Waals surface area contributed by atoms with Crippen LogP contribution in [0.25, 0.3) is 5.76 Å². The molecule has 1 fully saturated rings. The third-order valence-electron chi connectivity index (χ3n) is 5.57. The number of phenols is 1. The molecule has 5 rings (SSSR count). The zero-order valence-electron chi connectivity index (χ0n) is 18.4. The van der Waals surface area contributed by atoms with Crippen molar-refractivity contribution >= 4 is 49.8 Å². The predicted octanol–water partition coefficient (Wildman–Crippen LogP) is 3.72. The molecule has 10 nitrogen and oxygen atoms in total. The zero-order valence-corrected chi connectivity index (χ0v) is 20.8. The molecule has 0 spiro atoms. The number of aryl methyl sites for hydroxylation is 1. The van der Waals surface area contributed by atoms with E-state index in [1.807, 2.05) is 0 Å². The van der Waals surface area contributed by atoms with Crippen molar-refractivity contribution in [3.63, 3.8) is 0 Å². The molecule has 2 aliphatic heterocycles. The number of ether oxygens (including phenoxy) is 3. The van der Waals surface area contributed by atoms with Gasteiger partial charge in [0.2, 0.25) is 5.13 Å². The van der Waals surface area contributed by atoms with Crippen LogP contribution >= 0.6 is 27.3 Å². The summed E-state index contributed by atoms with van der Waals surface area (Å²) >= 11 is 4.42. The lowest BCUT2D eigenvalue weighted by molar-refractivity contribution is -0.132. The first-order valence-electron chi connectivity index (χ1n) is 10.4. The van der Waals surface area contributed by atoms with E-state index in [0.29, 0.717) is 35.3 Å². The van der Waals surface area contributed by atoms with E-state index >= 15 is 0 Å². The van der Waals surface area contributed by atoms with Crippen LogP contribution in [0.3, 0.4) is 0 Å². The van der Waals surface area contributed by atoms with Crippen molar-refractivity contribution in [3.05, 3.63) is 56.5 Å². The average molecular weight is 560 g/mol. The normalized spacial score (nSPS) is 18.7. The van der Waals surface area contributed by atoms with E-state index in [9.17, 15) is 19.8 Å². The number of aliphatic hydroxyl groups excluding tert-OH is 1. The molecular formula is C23H18BrN3O7S. The second-order valence-electron chi connectivity index (χ2n) is 7.68. The molecule has 0 unspecified atom stereocenters. The summed E-state index contributed by atoms with van der Waals surface area (Å²) in [4.78, 5) is 27.7. The largest absolute Gasteiger partial charge is 0.507 e. The molecule has 1 aromatic heterocycles. The van der Waals surface area contributed by atoms with Crippen LogP contribution in [0.5, 0.6) is 23.0 Å². The Kier molecular flexibility index (Phi) is 5.85. The van der Waals surface area contributed by atoms with Gasteiger partial charge >= 0.3 is 5.91 Å². The van der Waals surface area contributed by atoms with E-state index in [1.54, 1.807) is 31.2 Å². The minimum Gasteiger partial charge on any atom is -0.507 e. The number of aliphatic hydroxyl groups is 1. The highest BCUT2D eigenvalue weighted by atomic mass is 79.9. The summed E-state index contributed by atoms with van der Waals surface area (Å²) in [6, 6.07) is 6.73. The molecule has 1 saturated heterocycles. The molecule has 3 heterocycles. The standard InChI is InChI=1S/C23H18BrN3O7S/c1-10-25-26-23(35-10)27-18(12-7-13(24)20(29)16(9-12)32-2)17(21(30)22(27)31)19(28)11-3-4-14-15(8-11)34-6-5-33-14/h3-4,7-9,18,28-29H,5-6H2,1-2H3/t18-/m1/s1. The van der Waals surface area contributed by atoms with Gasteiger partial charge in [0.05, 0.1) is 23.2 Å². The van der Waals surface area contributed by atoms with Crippen molar-refractivity contribution in [1.82, 2.24) is 10.2 Å². The van der Waals surface area contributed by atoms with Crippen LogP contribution in [0.4, 0.5) is 5.13 Å². The minimum absolute atomic E-state index is 0.118. The van der Waals surface area contributed by atoms with Gasteiger partial charge < -0.3 is 24.4 Å². The second kappa shape index (κ2) is 8.86.